The molecule has 1 aliphatic carbocycles. The number of piperidine rings is 1. The summed E-state index contributed by atoms with van der Waals surface area (Å²) >= 11 is 1.74. The Balaban J connectivity index is 1.37. The van der Waals surface area contributed by atoms with Crippen LogP contribution in [-0.2, 0) is 14.6 Å². The minimum atomic E-state index is -3.03. The van der Waals surface area contributed by atoms with Crippen LogP contribution in [0.1, 0.15) is 68.8 Å². The highest BCUT2D eigenvalue weighted by Crippen LogP contribution is 2.36. The number of sulfone groups is 1. The van der Waals surface area contributed by atoms with Crippen molar-refractivity contribution >= 4 is 37.3 Å². The first-order valence-corrected chi connectivity index (χ1v) is 14.7. The second-order valence-corrected chi connectivity index (χ2v) is 12.9. The van der Waals surface area contributed by atoms with Gasteiger partial charge in [-0.2, -0.15) is 0 Å². The van der Waals surface area contributed by atoms with Gasteiger partial charge in [-0.25, -0.2) is 13.4 Å². The van der Waals surface area contributed by atoms with Crippen molar-refractivity contribution in [2.24, 2.45) is 0 Å². The molecule has 5 rings (SSSR count). The van der Waals surface area contributed by atoms with Crippen molar-refractivity contribution in [3.8, 4) is 0 Å². The number of hydrogen-bond donors (Lipinski definition) is 0. The zero-order chi connectivity index (χ0) is 22.1. The standard InChI is InChI=1S/C24H33N3O3S2/c28-23(27(18-8-2-1-3-9-18)19-13-15-32(29,30)17-19)16-26-14-7-6-11-21(26)24-25-20-10-4-5-12-22(20)31-24/h4-5,10,12,18-19,21H,1-3,6-9,11,13-17H2/t19-,21+/m1/s1. The van der Waals surface area contributed by atoms with Gasteiger partial charge in [0.05, 0.1) is 34.3 Å². The lowest BCUT2D eigenvalue weighted by Crippen LogP contribution is -2.52. The van der Waals surface area contributed by atoms with Gasteiger partial charge < -0.3 is 4.90 Å². The van der Waals surface area contributed by atoms with E-state index < -0.39 is 9.84 Å². The zero-order valence-corrected chi connectivity index (χ0v) is 20.2. The van der Waals surface area contributed by atoms with E-state index in [4.69, 9.17) is 4.98 Å². The number of carbonyl (C=O) groups excluding carboxylic acids is 1. The van der Waals surface area contributed by atoms with Crippen LogP contribution in [0, 0.1) is 0 Å². The number of rotatable bonds is 5. The number of amides is 1. The van der Waals surface area contributed by atoms with Crippen LogP contribution in [0.25, 0.3) is 10.2 Å². The molecule has 8 heteroatoms. The molecule has 2 aliphatic heterocycles. The Bertz CT molecular complexity index is 1030. The predicted molar refractivity (Wildman–Crippen MR) is 129 cm³/mol. The Labute approximate surface area is 194 Å². The summed E-state index contributed by atoms with van der Waals surface area (Å²) in [5.74, 6) is 0.468. The van der Waals surface area contributed by atoms with Crippen molar-refractivity contribution in [3.05, 3.63) is 29.3 Å². The fourth-order valence-corrected chi connectivity index (χ4v) is 8.66. The summed E-state index contributed by atoms with van der Waals surface area (Å²) in [4.78, 5) is 22.9. The van der Waals surface area contributed by atoms with Crippen LogP contribution in [0.15, 0.2) is 24.3 Å². The summed E-state index contributed by atoms with van der Waals surface area (Å²) in [5.41, 5.74) is 1.03. The minimum Gasteiger partial charge on any atom is -0.335 e. The SMILES string of the molecule is O=C(CN1CCCC[C@H]1c1nc2ccccc2s1)N(C1CCCCC1)[C@@H]1CCS(=O)(=O)C1. The maximum Gasteiger partial charge on any atom is 0.237 e. The Morgan fingerprint density at radius 3 is 2.56 bits per heavy atom. The molecule has 1 saturated carbocycles. The molecule has 174 valence electrons. The van der Waals surface area contributed by atoms with Gasteiger partial charge >= 0.3 is 0 Å². The summed E-state index contributed by atoms with van der Waals surface area (Å²) in [7, 11) is -3.03. The molecule has 32 heavy (non-hydrogen) atoms. The number of thiazole rings is 1. The van der Waals surface area contributed by atoms with Gasteiger partial charge in [-0.05, 0) is 50.8 Å². The molecule has 0 unspecified atom stereocenters. The molecule has 0 spiro atoms. The third kappa shape index (κ3) is 4.73. The lowest BCUT2D eigenvalue weighted by molar-refractivity contribution is -0.138. The Kier molecular flexibility index (Phi) is 6.54. The highest BCUT2D eigenvalue weighted by Gasteiger charge is 2.39. The molecule has 3 fully saturated rings. The number of para-hydroxylation sites is 1. The number of aromatic nitrogens is 1. The van der Waals surface area contributed by atoms with E-state index in [9.17, 15) is 13.2 Å². The number of fused-ring (bicyclic) bond motifs is 1. The van der Waals surface area contributed by atoms with Crippen LogP contribution in [-0.4, -0.2) is 65.8 Å². The van der Waals surface area contributed by atoms with E-state index in [-0.39, 0.29) is 35.5 Å². The van der Waals surface area contributed by atoms with Crippen molar-refractivity contribution in [2.75, 3.05) is 24.6 Å². The molecule has 3 aliphatic rings. The molecule has 1 aromatic heterocycles. The molecule has 0 radical (unpaired) electrons. The van der Waals surface area contributed by atoms with Crippen LogP contribution < -0.4 is 0 Å². The van der Waals surface area contributed by atoms with E-state index in [1.807, 2.05) is 17.0 Å². The summed E-state index contributed by atoms with van der Waals surface area (Å²) < 4.78 is 25.6. The monoisotopic (exact) mass is 475 g/mol. The minimum absolute atomic E-state index is 0.118. The Hall–Kier alpha value is -1.51. The first-order chi connectivity index (χ1) is 15.5. The van der Waals surface area contributed by atoms with E-state index in [2.05, 4.69) is 17.0 Å². The van der Waals surface area contributed by atoms with Crippen LogP contribution in [0.2, 0.25) is 0 Å². The maximum absolute atomic E-state index is 13.7. The molecular weight excluding hydrogens is 442 g/mol. The van der Waals surface area contributed by atoms with Crippen LogP contribution in [0.5, 0.6) is 0 Å². The molecule has 2 aromatic rings. The quantitative estimate of drug-likeness (QED) is 0.649. The van der Waals surface area contributed by atoms with E-state index in [0.29, 0.717) is 13.0 Å². The maximum atomic E-state index is 13.7. The number of carbonyl (C=O) groups is 1. The van der Waals surface area contributed by atoms with Gasteiger partial charge in [-0.15, -0.1) is 11.3 Å². The number of nitrogens with zero attached hydrogens (tertiary/aromatic N) is 3. The second-order valence-electron chi connectivity index (χ2n) is 9.65. The van der Waals surface area contributed by atoms with Crippen molar-refractivity contribution in [1.82, 2.24) is 14.8 Å². The molecule has 1 amide bonds. The van der Waals surface area contributed by atoms with Gasteiger partial charge in [-0.3, -0.25) is 9.69 Å². The van der Waals surface area contributed by atoms with Crippen molar-refractivity contribution in [1.29, 1.82) is 0 Å². The van der Waals surface area contributed by atoms with Gasteiger partial charge in [0.15, 0.2) is 9.84 Å². The third-order valence-electron chi connectivity index (χ3n) is 7.41. The van der Waals surface area contributed by atoms with Crippen LogP contribution >= 0.6 is 11.3 Å². The lowest BCUT2D eigenvalue weighted by Gasteiger charge is -2.41. The predicted octanol–water partition coefficient (Wildman–Crippen LogP) is 4.17. The topological polar surface area (TPSA) is 70.6 Å². The highest BCUT2D eigenvalue weighted by molar-refractivity contribution is 7.91. The third-order valence-corrected chi connectivity index (χ3v) is 10.3. The van der Waals surface area contributed by atoms with Gasteiger partial charge in [0.25, 0.3) is 0 Å². The number of hydrogen-bond acceptors (Lipinski definition) is 6. The van der Waals surface area contributed by atoms with E-state index in [1.165, 1.54) is 11.1 Å². The largest absolute Gasteiger partial charge is 0.335 e. The zero-order valence-electron chi connectivity index (χ0n) is 18.6. The summed E-state index contributed by atoms with van der Waals surface area (Å²) in [6.45, 7) is 1.27. The summed E-state index contributed by atoms with van der Waals surface area (Å²) in [6, 6.07) is 8.45. The van der Waals surface area contributed by atoms with Gasteiger partial charge in [0, 0.05) is 12.1 Å². The number of benzene rings is 1. The molecule has 2 saturated heterocycles. The molecule has 2 atom stereocenters. The normalized spacial score (nSPS) is 27.0. The first kappa shape index (κ1) is 22.3. The van der Waals surface area contributed by atoms with E-state index >= 15 is 0 Å². The van der Waals surface area contributed by atoms with Crippen molar-refractivity contribution in [2.45, 2.75) is 75.9 Å². The first-order valence-electron chi connectivity index (χ1n) is 12.1. The van der Waals surface area contributed by atoms with Crippen LogP contribution in [0.4, 0.5) is 0 Å². The molecule has 0 N–H and O–H groups in total. The van der Waals surface area contributed by atoms with Crippen molar-refractivity contribution in [3.63, 3.8) is 0 Å². The number of likely N-dealkylation sites (tertiary alicyclic amines) is 1. The molecule has 3 heterocycles. The Morgan fingerprint density at radius 2 is 1.81 bits per heavy atom. The molecule has 1 aromatic carbocycles. The highest BCUT2D eigenvalue weighted by atomic mass is 32.2. The van der Waals surface area contributed by atoms with Gasteiger partial charge in [0.2, 0.25) is 5.91 Å². The molecule has 6 nitrogen and oxygen atoms in total. The smallest absolute Gasteiger partial charge is 0.237 e. The average molecular weight is 476 g/mol. The summed E-state index contributed by atoms with van der Waals surface area (Å²) in [6.07, 6.45) is 9.34. The average Bonchev–Trinajstić information content (AvgIpc) is 3.38. The Morgan fingerprint density at radius 1 is 1.03 bits per heavy atom. The summed E-state index contributed by atoms with van der Waals surface area (Å²) in [5, 5.41) is 1.10. The van der Waals surface area contributed by atoms with Crippen molar-refractivity contribution < 1.29 is 13.2 Å². The van der Waals surface area contributed by atoms with E-state index in [0.717, 1.165) is 62.0 Å². The van der Waals surface area contributed by atoms with Crippen LogP contribution in [0.3, 0.4) is 0 Å². The van der Waals surface area contributed by atoms with Gasteiger partial charge in [0.1, 0.15) is 5.01 Å². The molecular formula is C24H33N3O3S2. The molecule has 0 bridgehead atoms. The van der Waals surface area contributed by atoms with Gasteiger partial charge in [-0.1, -0.05) is 37.8 Å². The second kappa shape index (κ2) is 9.39. The fourth-order valence-electron chi connectivity index (χ4n) is 5.81. The van der Waals surface area contributed by atoms with E-state index in [1.54, 1.807) is 11.3 Å². The fraction of sp³-hybridized carbons (Fsp3) is 0.667. The lowest BCUT2D eigenvalue weighted by atomic mass is 9.92.